The Hall–Kier alpha value is -0.890. The zero-order valence-corrected chi connectivity index (χ0v) is 10.2. The summed E-state index contributed by atoms with van der Waals surface area (Å²) in [6, 6.07) is 5.76. The van der Waals surface area contributed by atoms with E-state index in [1.807, 2.05) is 18.2 Å². The smallest absolute Gasteiger partial charge is 0.0741 e. The van der Waals surface area contributed by atoms with Crippen molar-refractivity contribution < 1.29 is 0 Å². The molecule has 2 N–H and O–H groups in total. The minimum absolute atomic E-state index is 0.634. The lowest BCUT2D eigenvalue weighted by atomic mass is 10.2. The van der Waals surface area contributed by atoms with Crippen molar-refractivity contribution in [1.82, 2.24) is 0 Å². The molecule has 2 nitrogen and oxygen atoms in total. The number of halogens is 1. The highest BCUT2D eigenvalue weighted by atomic mass is 35.5. The molecule has 0 aromatic heterocycles. The first-order valence-electron chi connectivity index (χ1n) is 5.42. The molecule has 0 spiro atoms. The lowest BCUT2D eigenvalue weighted by Crippen LogP contribution is -2.19. The fourth-order valence-electron chi connectivity index (χ4n) is 1.58. The maximum atomic E-state index is 5.97. The van der Waals surface area contributed by atoms with Gasteiger partial charge in [-0.15, -0.1) is 0 Å². The van der Waals surface area contributed by atoms with E-state index in [-0.39, 0.29) is 0 Å². The molecule has 0 unspecified atom stereocenters. The third-order valence-electron chi connectivity index (χ3n) is 2.54. The standard InChI is InChI=1S/C12H19ClN2/c1-3-4-5-9-15(2)11-8-6-7-10(13)12(11)14/h6-8H,3-5,9,14H2,1-2H3. The van der Waals surface area contributed by atoms with E-state index in [1.165, 1.54) is 19.3 Å². The molecule has 1 aromatic carbocycles. The molecule has 1 aromatic rings. The van der Waals surface area contributed by atoms with Crippen LogP contribution in [0.25, 0.3) is 0 Å². The van der Waals surface area contributed by atoms with Gasteiger partial charge in [0, 0.05) is 13.6 Å². The van der Waals surface area contributed by atoms with Crippen molar-refractivity contribution in [3.63, 3.8) is 0 Å². The third-order valence-corrected chi connectivity index (χ3v) is 2.87. The van der Waals surface area contributed by atoms with Crippen molar-refractivity contribution >= 4 is 23.0 Å². The third kappa shape index (κ3) is 3.31. The number of unbranched alkanes of at least 4 members (excludes halogenated alkanes) is 2. The van der Waals surface area contributed by atoms with Gasteiger partial charge in [0.05, 0.1) is 16.4 Å². The number of nitrogens with zero attached hydrogens (tertiary/aromatic N) is 1. The average molecular weight is 227 g/mol. The van der Waals surface area contributed by atoms with Crippen LogP contribution in [0.4, 0.5) is 11.4 Å². The van der Waals surface area contributed by atoms with Crippen LogP contribution < -0.4 is 10.6 Å². The first-order valence-corrected chi connectivity index (χ1v) is 5.79. The van der Waals surface area contributed by atoms with Gasteiger partial charge in [0.2, 0.25) is 0 Å². The maximum absolute atomic E-state index is 5.97. The first-order chi connectivity index (χ1) is 7.16. The normalized spacial score (nSPS) is 10.3. The van der Waals surface area contributed by atoms with Crippen LogP contribution in [0.2, 0.25) is 5.02 Å². The zero-order valence-electron chi connectivity index (χ0n) is 9.46. The van der Waals surface area contributed by atoms with Gasteiger partial charge >= 0.3 is 0 Å². The Morgan fingerprint density at radius 2 is 2.07 bits per heavy atom. The van der Waals surface area contributed by atoms with Crippen molar-refractivity contribution in [1.29, 1.82) is 0 Å². The van der Waals surface area contributed by atoms with Crippen LogP contribution in [0, 0.1) is 0 Å². The first kappa shape index (κ1) is 12.2. The van der Waals surface area contributed by atoms with Gasteiger partial charge in [-0.2, -0.15) is 0 Å². The molecular formula is C12H19ClN2. The molecule has 0 saturated carbocycles. The summed E-state index contributed by atoms with van der Waals surface area (Å²) in [5.74, 6) is 0. The Morgan fingerprint density at radius 1 is 1.33 bits per heavy atom. The van der Waals surface area contributed by atoms with Gasteiger partial charge in [0.15, 0.2) is 0 Å². The van der Waals surface area contributed by atoms with Crippen molar-refractivity contribution in [2.45, 2.75) is 26.2 Å². The number of rotatable bonds is 5. The van der Waals surface area contributed by atoms with Gasteiger partial charge < -0.3 is 10.6 Å². The van der Waals surface area contributed by atoms with Crippen LogP contribution in [0.3, 0.4) is 0 Å². The van der Waals surface area contributed by atoms with Crippen LogP contribution in [0.1, 0.15) is 26.2 Å². The lowest BCUT2D eigenvalue weighted by Gasteiger charge is -2.21. The molecule has 0 fully saturated rings. The second-order valence-corrected chi connectivity index (χ2v) is 4.21. The van der Waals surface area contributed by atoms with E-state index < -0.39 is 0 Å². The van der Waals surface area contributed by atoms with E-state index in [4.69, 9.17) is 17.3 Å². The lowest BCUT2D eigenvalue weighted by molar-refractivity contribution is 0.705. The maximum Gasteiger partial charge on any atom is 0.0741 e. The monoisotopic (exact) mass is 226 g/mol. The molecule has 0 bridgehead atoms. The second-order valence-electron chi connectivity index (χ2n) is 3.80. The predicted molar refractivity (Wildman–Crippen MR) is 68.7 cm³/mol. The Kier molecular flexibility index (Phi) is 4.76. The van der Waals surface area contributed by atoms with Gasteiger partial charge in [-0.05, 0) is 18.6 Å². The number of hydrogen-bond donors (Lipinski definition) is 1. The fourth-order valence-corrected chi connectivity index (χ4v) is 1.75. The molecule has 1 rings (SSSR count). The predicted octanol–water partition coefficient (Wildman–Crippen LogP) is 3.55. The number of nitrogen functional groups attached to an aromatic ring is 1. The Labute approximate surface area is 97.0 Å². The number of para-hydroxylation sites is 1. The fraction of sp³-hybridized carbons (Fsp3) is 0.500. The van der Waals surface area contributed by atoms with Crippen LogP contribution in [-0.2, 0) is 0 Å². The molecular weight excluding hydrogens is 208 g/mol. The molecule has 0 amide bonds. The minimum Gasteiger partial charge on any atom is -0.396 e. The SMILES string of the molecule is CCCCCN(C)c1cccc(Cl)c1N. The average Bonchev–Trinajstić information content (AvgIpc) is 2.22. The summed E-state index contributed by atoms with van der Waals surface area (Å²) >= 11 is 5.97. The summed E-state index contributed by atoms with van der Waals surface area (Å²) in [7, 11) is 2.05. The second kappa shape index (κ2) is 5.86. The van der Waals surface area contributed by atoms with Gasteiger partial charge in [0.1, 0.15) is 0 Å². The van der Waals surface area contributed by atoms with Crippen LogP contribution in [0.15, 0.2) is 18.2 Å². The molecule has 0 saturated heterocycles. The quantitative estimate of drug-likeness (QED) is 0.615. The number of hydrogen-bond acceptors (Lipinski definition) is 2. The molecule has 0 aliphatic heterocycles. The summed E-state index contributed by atoms with van der Waals surface area (Å²) in [5, 5.41) is 0.634. The van der Waals surface area contributed by atoms with Crippen molar-refractivity contribution in [3.8, 4) is 0 Å². The molecule has 3 heteroatoms. The van der Waals surface area contributed by atoms with E-state index in [2.05, 4.69) is 18.9 Å². The molecule has 0 heterocycles. The highest BCUT2D eigenvalue weighted by Gasteiger charge is 2.06. The Bertz CT molecular complexity index is 312. The Morgan fingerprint density at radius 3 is 2.73 bits per heavy atom. The topological polar surface area (TPSA) is 29.3 Å². The van der Waals surface area contributed by atoms with Crippen LogP contribution in [0.5, 0.6) is 0 Å². The molecule has 0 aliphatic rings. The summed E-state index contributed by atoms with van der Waals surface area (Å²) in [6.07, 6.45) is 3.68. The molecule has 0 aliphatic carbocycles. The summed E-state index contributed by atoms with van der Waals surface area (Å²) < 4.78 is 0. The number of benzene rings is 1. The molecule has 0 atom stereocenters. The largest absolute Gasteiger partial charge is 0.396 e. The molecule has 84 valence electrons. The van der Waals surface area contributed by atoms with E-state index in [9.17, 15) is 0 Å². The van der Waals surface area contributed by atoms with Gasteiger partial charge in [-0.3, -0.25) is 0 Å². The van der Waals surface area contributed by atoms with Crippen LogP contribution >= 0.6 is 11.6 Å². The van der Waals surface area contributed by atoms with Gasteiger partial charge in [-0.1, -0.05) is 37.4 Å². The highest BCUT2D eigenvalue weighted by Crippen LogP contribution is 2.29. The van der Waals surface area contributed by atoms with Crippen molar-refractivity contribution in [3.05, 3.63) is 23.2 Å². The number of anilines is 2. The Balaban J connectivity index is 2.65. The molecule has 15 heavy (non-hydrogen) atoms. The van der Waals surface area contributed by atoms with E-state index in [0.717, 1.165) is 12.2 Å². The van der Waals surface area contributed by atoms with Crippen molar-refractivity contribution in [2.75, 3.05) is 24.2 Å². The van der Waals surface area contributed by atoms with Gasteiger partial charge in [0.25, 0.3) is 0 Å². The van der Waals surface area contributed by atoms with E-state index in [1.54, 1.807) is 0 Å². The van der Waals surface area contributed by atoms with Crippen LogP contribution in [-0.4, -0.2) is 13.6 Å². The highest BCUT2D eigenvalue weighted by molar-refractivity contribution is 6.33. The summed E-state index contributed by atoms with van der Waals surface area (Å²) in [4.78, 5) is 2.16. The number of nitrogens with two attached hydrogens (primary N) is 1. The molecule has 0 radical (unpaired) electrons. The van der Waals surface area contributed by atoms with Gasteiger partial charge in [-0.25, -0.2) is 0 Å². The summed E-state index contributed by atoms with van der Waals surface area (Å²) in [5.41, 5.74) is 7.62. The zero-order chi connectivity index (χ0) is 11.3. The van der Waals surface area contributed by atoms with E-state index >= 15 is 0 Å². The summed E-state index contributed by atoms with van der Waals surface area (Å²) in [6.45, 7) is 3.23. The minimum atomic E-state index is 0.634. The van der Waals surface area contributed by atoms with Crippen molar-refractivity contribution in [2.24, 2.45) is 0 Å². The van der Waals surface area contributed by atoms with E-state index in [0.29, 0.717) is 10.7 Å².